The van der Waals surface area contributed by atoms with Gasteiger partial charge in [0, 0.05) is 0 Å². The van der Waals surface area contributed by atoms with Crippen LogP contribution in [0.25, 0.3) is 0 Å². The first-order valence-electron chi connectivity index (χ1n) is 4.43. The minimum Gasteiger partial charge on any atom is -0.335 e. The van der Waals surface area contributed by atoms with Gasteiger partial charge in [0.05, 0.1) is 0 Å². The first kappa shape index (κ1) is 15.5. The molecule has 0 aliphatic heterocycles. The summed E-state index contributed by atoms with van der Waals surface area (Å²) in [6.07, 6.45) is 2.00. The van der Waals surface area contributed by atoms with Gasteiger partial charge in [-0.15, -0.1) is 0 Å². The summed E-state index contributed by atoms with van der Waals surface area (Å²) >= 11 is 0. The predicted octanol–water partition coefficient (Wildman–Crippen LogP) is 3.46. The molecule has 0 radical (unpaired) electrons. The fraction of sp³-hybridized carbons (Fsp3) is 0.417. The molecule has 1 aromatic carbocycles. The Balaban J connectivity index is 0. The molecule has 0 aromatic heterocycles. The number of hydrogen-bond donors (Lipinski definition) is 0. The van der Waals surface area contributed by atoms with E-state index in [1.807, 2.05) is 38.5 Å². The van der Waals surface area contributed by atoms with Crippen LogP contribution in [0.4, 0.5) is 0 Å². The first-order chi connectivity index (χ1) is 5.72. The molecule has 1 rings (SSSR count). The molecule has 0 nitrogen and oxygen atoms in total. The Morgan fingerprint density at radius 2 is 1.77 bits per heavy atom. The summed E-state index contributed by atoms with van der Waals surface area (Å²) in [4.78, 5) is 0. The van der Waals surface area contributed by atoms with E-state index in [0.717, 1.165) is 0 Å². The van der Waals surface area contributed by atoms with Gasteiger partial charge in [0.1, 0.15) is 0 Å². The van der Waals surface area contributed by atoms with Crippen molar-refractivity contribution in [3.05, 3.63) is 42.3 Å². The SMILES string of the molecule is CC(C)c1[c-]cccc1.C[CH-]C.[Mg+2]. The molecule has 0 saturated carbocycles. The van der Waals surface area contributed by atoms with E-state index >= 15 is 0 Å². The standard InChI is InChI=1S/C9H11.C3H7.Mg/c1-8(2)9-6-4-3-5-7-9;1-3-2;/h3-6,8H,1-2H3;3H,1-2H3;/q2*-1;+2. The molecule has 0 heterocycles. The molecule has 0 saturated heterocycles. The summed E-state index contributed by atoms with van der Waals surface area (Å²) in [6.45, 7) is 8.34. The van der Waals surface area contributed by atoms with Crippen LogP contribution >= 0.6 is 0 Å². The normalized spacial score (nSPS) is 8.38. The van der Waals surface area contributed by atoms with Crippen molar-refractivity contribution < 1.29 is 0 Å². The largest absolute Gasteiger partial charge is 2.00 e. The van der Waals surface area contributed by atoms with E-state index in [9.17, 15) is 0 Å². The number of benzene rings is 1. The molecule has 13 heavy (non-hydrogen) atoms. The van der Waals surface area contributed by atoms with Gasteiger partial charge in [0.2, 0.25) is 0 Å². The van der Waals surface area contributed by atoms with Crippen molar-refractivity contribution in [2.75, 3.05) is 0 Å². The average molecular weight is 187 g/mol. The maximum Gasteiger partial charge on any atom is 2.00 e. The third kappa shape index (κ3) is 8.32. The fourth-order valence-corrected chi connectivity index (χ4v) is 0.766. The van der Waals surface area contributed by atoms with E-state index in [0.29, 0.717) is 5.92 Å². The topological polar surface area (TPSA) is 0 Å². The zero-order valence-corrected chi connectivity index (χ0v) is 10.6. The summed E-state index contributed by atoms with van der Waals surface area (Å²) in [6, 6.07) is 11.3. The first-order valence-corrected chi connectivity index (χ1v) is 4.43. The van der Waals surface area contributed by atoms with Gasteiger partial charge in [-0.3, -0.25) is 0 Å². The second-order valence-corrected chi connectivity index (χ2v) is 3.05. The molecule has 0 bridgehead atoms. The summed E-state index contributed by atoms with van der Waals surface area (Å²) < 4.78 is 0. The Hall–Kier alpha value is -0.0138. The molecular formula is C12H18Mg. The maximum absolute atomic E-state index is 3.17. The smallest absolute Gasteiger partial charge is 0.335 e. The van der Waals surface area contributed by atoms with Crippen LogP contribution < -0.4 is 0 Å². The Morgan fingerprint density at radius 3 is 2.00 bits per heavy atom. The second-order valence-electron chi connectivity index (χ2n) is 3.05. The van der Waals surface area contributed by atoms with Crippen molar-refractivity contribution in [3.63, 3.8) is 0 Å². The van der Waals surface area contributed by atoms with Gasteiger partial charge in [-0.05, 0) is 5.92 Å². The summed E-state index contributed by atoms with van der Waals surface area (Å²) in [5.74, 6) is 0.603. The van der Waals surface area contributed by atoms with Crippen molar-refractivity contribution >= 4 is 23.1 Å². The molecule has 0 aliphatic carbocycles. The Kier molecular flexibility index (Phi) is 12.0. The van der Waals surface area contributed by atoms with E-state index in [2.05, 4.69) is 26.0 Å². The summed E-state index contributed by atoms with van der Waals surface area (Å²) in [5, 5.41) is 0. The van der Waals surface area contributed by atoms with Crippen LogP contribution in [-0.4, -0.2) is 23.1 Å². The van der Waals surface area contributed by atoms with Crippen LogP contribution in [0.15, 0.2) is 24.3 Å². The van der Waals surface area contributed by atoms with E-state index in [-0.39, 0.29) is 23.1 Å². The van der Waals surface area contributed by atoms with Crippen molar-refractivity contribution in [1.82, 2.24) is 0 Å². The molecule has 68 valence electrons. The van der Waals surface area contributed by atoms with Crippen LogP contribution in [0.2, 0.25) is 0 Å². The molecule has 1 aromatic rings. The van der Waals surface area contributed by atoms with Crippen LogP contribution in [0, 0.1) is 12.5 Å². The Morgan fingerprint density at radius 1 is 1.23 bits per heavy atom. The Labute approximate surface area is 98.9 Å². The fourth-order valence-electron chi connectivity index (χ4n) is 0.766. The predicted molar refractivity (Wildman–Crippen MR) is 60.8 cm³/mol. The maximum atomic E-state index is 3.17. The third-order valence-corrected chi connectivity index (χ3v) is 1.36. The molecule has 1 heteroatoms. The van der Waals surface area contributed by atoms with Crippen LogP contribution in [0.5, 0.6) is 0 Å². The van der Waals surface area contributed by atoms with Crippen molar-refractivity contribution in [2.45, 2.75) is 33.6 Å². The van der Waals surface area contributed by atoms with Gasteiger partial charge in [-0.25, -0.2) is 0 Å². The van der Waals surface area contributed by atoms with Gasteiger partial charge in [-0.2, -0.15) is 49.7 Å². The van der Waals surface area contributed by atoms with Crippen LogP contribution in [0.1, 0.15) is 39.2 Å². The molecule has 0 unspecified atom stereocenters. The quantitative estimate of drug-likeness (QED) is 0.466. The molecule has 0 amide bonds. The zero-order chi connectivity index (χ0) is 9.40. The Bertz CT molecular complexity index is 180. The van der Waals surface area contributed by atoms with Crippen molar-refractivity contribution in [2.24, 2.45) is 0 Å². The van der Waals surface area contributed by atoms with Crippen molar-refractivity contribution in [1.29, 1.82) is 0 Å². The molecule has 0 fully saturated rings. The van der Waals surface area contributed by atoms with Gasteiger partial charge in [0.15, 0.2) is 0 Å². The monoisotopic (exact) mass is 186 g/mol. The van der Waals surface area contributed by atoms with Gasteiger partial charge < -0.3 is 6.42 Å². The molecule has 0 atom stereocenters. The summed E-state index contributed by atoms with van der Waals surface area (Å²) in [7, 11) is 0. The van der Waals surface area contributed by atoms with E-state index < -0.39 is 0 Å². The molecular weight excluding hydrogens is 168 g/mol. The minimum atomic E-state index is 0. The number of rotatable bonds is 1. The summed E-state index contributed by atoms with van der Waals surface area (Å²) in [5.41, 5.74) is 1.29. The zero-order valence-electron chi connectivity index (χ0n) is 9.17. The van der Waals surface area contributed by atoms with Gasteiger partial charge in [-0.1, -0.05) is 13.8 Å². The molecule has 0 aliphatic rings. The van der Waals surface area contributed by atoms with Gasteiger partial charge in [0.25, 0.3) is 0 Å². The molecule has 0 N–H and O–H groups in total. The number of hydrogen-bond acceptors (Lipinski definition) is 0. The van der Waals surface area contributed by atoms with Crippen molar-refractivity contribution in [3.8, 4) is 0 Å². The molecule has 0 spiro atoms. The second kappa shape index (κ2) is 10.1. The van der Waals surface area contributed by atoms with E-state index in [1.54, 1.807) is 0 Å². The third-order valence-electron chi connectivity index (χ3n) is 1.36. The van der Waals surface area contributed by atoms with E-state index in [4.69, 9.17) is 0 Å². The minimum absolute atomic E-state index is 0. The van der Waals surface area contributed by atoms with E-state index in [1.165, 1.54) is 5.56 Å². The van der Waals surface area contributed by atoms with Crippen LogP contribution in [0.3, 0.4) is 0 Å². The van der Waals surface area contributed by atoms with Crippen LogP contribution in [-0.2, 0) is 0 Å². The average Bonchev–Trinajstić information content (AvgIpc) is 2.07. The van der Waals surface area contributed by atoms with Gasteiger partial charge >= 0.3 is 23.1 Å².